The van der Waals surface area contributed by atoms with Crippen molar-refractivity contribution < 1.29 is 0 Å². The first-order valence-corrected chi connectivity index (χ1v) is 6.40. The van der Waals surface area contributed by atoms with E-state index < -0.39 is 0 Å². The summed E-state index contributed by atoms with van der Waals surface area (Å²) in [7, 11) is 0. The molecule has 3 atom stereocenters. The van der Waals surface area contributed by atoms with Gasteiger partial charge in [-0.25, -0.2) is 0 Å². The Labute approximate surface area is 92.9 Å². The molecule has 2 heteroatoms. The fourth-order valence-corrected chi connectivity index (χ4v) is 3.67. The van der Waals surface area contributed by atoms with Crippen LogP contribution in [0, 0.1) is 5.92 Å². The lowest BCUT2D eigenvalue weighted by atomic mass is 9.76. The molecule has 0 aromatic heterocycles. The van der Waals surface area contributed by atoms with Crippen LogP contribution in [0.3, 0.4) is 0 Å². The van der Waals surface area contributed by atoms with E-state index in [1.165, 1.54) is 38.5 Å². The number of thiocarbonyl (C=S) groups is 1. The van der Waals surface area contributed by atoms with Gasteiger partial charge in [-0.2, -0.15) is 0 Å². The highest BCUT2D eigenvalue weighted by Crippen LogP contribution is 2.37. The predicted molar refractivity (Wildman–Crippen MR) is 64.6 cm³/mol. The van der Waals surface area contributed by atoms with Crippen LogP contribution in [0.1, 0.15) is 52.4 Å². The summed E-state index contributed by atoms with van der Waals surface area (Å²) < 4.78 is 0. The van der Waals surface area contributed by atoms with E-state index in [0.717, 1.165) is 16.9 Å². The maximum absolute atomic E-state index is 5.39. The largest absolute Gasteiger partial charge is 0.360 e. The Bertz CT molecular complexity index is 226. The molecule has 0 aromatic carbocycles. The van der Waals surface area contributed by atoms with Crippen molar-refractivity contribution in [1.82, 2.24) is 4.90 Å². The Balaban J connectivity index is 2.13. The van der Waals surface area contributed by atoms with Crippen molar-refractivity contribution in [3.05, 3.63) is 0 Å². The quantitative estimate of drug-likeness (QED) is 0.565. The van der Waals surface area contributed by atoms with Gasteiger partial charge in [0, 0.05) is 12.1 Å². The van der Waals surface area contributed by atoms with Crippen molar-refractivity contribution >= 4 is 17.2 Å². The lowest BCUT2D eigenvalue weighted by Gasteiger charge is -2.48. The van der Waals surface area contributed by atoms with Crippen molar-refractivity contribution in [2.24, 2.45) is 5.92 Å². The third-order valence-electron chi connectivity index (χ3n) is 4.02. The predicted octanol–water partition coefficient (Wildman–Crippen LogP) is 3.38. The first-order chi connectivity index (χ1) is 6.70. The van der Waals surface area contributed by atoms with Gasteiger partial charge in [-0.05, 0) is 45.4 Å². The van der Waals surface area contributed by atoms with E-state index in [-0.39, 0.29) is 0 Å². The molecule has 2 fully saturated rings. The molecule has 1 nitrogen and oxygen atoms in total. The summed E-state index contributed by atoms with van der Waals surface area (Å²) in [5.74, 6) is 0.942. The fraction of sp³-hybridized carbons (Fsp3) is 0.917. The van der Waals surface area contributed by atoms with E-state index in [2.05, 4.69) is 18.7 Å². The van der Waals surface area contributed by atoms with Gasteiger partial charge in [0.05, 0.1) is 4.99 Å². The minimum Gasteiger partial charge on any atom is -0.360 e. The number of rotatable bonds is 0. The second kappa shape index (κ2) is 4.18. The number of piperidine rings is 1. The zero-order chi connectivity index (χ0) is 10.1. The molecule has 80 valence electrons. The second-order valence-corrected chi connectivity index (χ2v) is 5.56. The van der Waals surface area contributed by atoms with Crippen LogP contribution in [-0.4, -0.2) is 22.0 Å². The van der Waals surface area contributed by atoms with Crippen LogP contribution in [0.25, 0.3) is 0 Å². The molecule has 0 amide bonds. The van der Waals surface area contributed by atoms with Gasteiger partial charge in [-0.3, -0.25) is 0 Å². The van der Waals surface area contributed by atoms with Crippen LogP contribution in [0.5, 0.6) is 0 Å². The lowest BCUT2D eigenvalue weighted by Crippen LogP contribution is -2.52. The first-order valence-electron chi connectivity index (χ1n) is 5.99. The molecule has 1 aliphatic carbocycles. The van der Waals surface area contributed by atoms with Crippen LogP contribution in [0.2, 0.25) is 0 Å². The van der Waals surface area contributed by atoms with Gasteiger partial charge >= 0.3 is 0 Å². The molecular weight excluding hydrogens is 190 g/mol. The van der Waals surface area contributed by atoms with Crippen molar-refractivity contribution in [2.75, 3.05) is 0 Å². The maximum Gasteiger partial charge on any atom is 0.0752 e. The Hall–Kier alpha value is -0.110. The van der Waals surface area contributed by atoms with Crippen LogP contribution < -0.4 is 0 Å². The summed E-state index contributed by atoms with van der Waals surface area (Å²) in [6, 6.07) is 1.47. The monoisotopic (exact) mass is 211 g/mol. The molecule has 0 aromatic rings. The van der Waals surface area contributed by atoms with E-state index >= 15 is 0 Å². The van der Waals surface area contributed by atoms with E-state index in [1.807, 2.05) is 0 Å². The van der Waals surface area contributed by atoms with Gasteiger partial charge in [0.15, 0.2) is 0 Å². The van der Waals surface area contributed by atoms with E-state index in [1.54, 1.807) is 0 Å². The summed E-state index contributed by atoms with van der Waals surface area (Å²) in [6.07, 6.45) is 8.45. The lowest BCUT2D eigenvalue weighted by molar-refractivity contribution is 0.0828. The highest BCUT2D eigenvalue weighted by atomic mass is 32.1. The SMILES string of the molecule is CC(=S)N1C(C)CCC2CCCCC21. The average Bonchev–Trinajstić information content (AvgIpc) is 2.17. The smallest absolute Gasteiger partial charge is 0.0752 e. The highest BCUT2D eigenvalue weighted by molar-refractivity contribution is 7.80. The second-order valence-electron chi connectivity index (χ2n) is 4.96. The zero-order valence-corrected chi connectivity index (χ0v) is 10.1. The van der Waals surface area contributed by atoms with Gasteiger partial charge in [0.25, 0.3) is 0 Å². The maximum atomic E-state index is 5.39. The fourth-order valence-electron chi connectivity index (χ4n) is 3.36. The molecule has 1 aliphatic heterocycles. The summed E-state index contributed by atoms with van der Waals surface area (Å²) >= 11 is 5.39. The van der Waals surface area contributed by atoms with Crippen LogP contribution in [0.15, 0.2) is 0 Å². The highest BCUT2D eigenvalue weighted by Gasteiger charge is 2.36. The standard InChI is InChI=1S/C12H21NS/c1-9-7-8-11-5-3-4-6-12(11)13(9)10(2)14/h9,11-12H,3-8H2,1-2H3. The first kappa shape index (κ1) is 10.4. The minimum absolute atomic E-state index is 0.687. The molecular formula is C12H21NS. The molecule has 2 aliphatic rings. The number of fused-ring (bicyclic) bond motifs is 1. The van der Waals surface area contributed by atoms with Crippen molar-refractivity contribution in [1.29, 1.82) is 0 Å². The van der Waals surface area contributed by atoms with Crippen molar-refractivity contribution in [3.63, 3.8) is 0 Å². The molecule has 1 heterocycles. The number of hydrogen-bond donors (Lipinski definition) is 0. The van der Waals surface area contributed by atoms with Crippen LogP contribution >= 0.6 is 12.2 Å². The zero-order valence-electron chi connectivity index (χ0n) is 9.33. The molecule has 1 saturated heterocycles. The Kier molecular flexibility index (Phi) is 3.10. The summed E-state index contributed by atoms with van der Waals surface area (Å²) in [4.78, 5) is 3.65. The molecule has 1 saturated carbocycles. The average molecular weight is 211 g/mol. The number of nitrogens with zero attached hydrogens (tertiary/aromatic N) is 1. The number of likely N-dealkylation sites (tertiary alicyclic amines) is 1. The summed E-state index contributed by atoms with van der Waals surface area (Å²) in [5, 5.41) is 0. The Morgan fingerprint density at radius 1 is 1.14 bits per heavy atom. The molecule has 0 bridgehead atoms. The van der Waals surface area contributed by atoms with Gasteiger partial charge in [-0.1, -0.05) is 25.1 Å². The van der Waals surface area contributed by atoms with Crippen molar-refractivity contribution in [3.8, 4) is 0 Å². The summed E-state index contributed by atoms with van der Waals surface area (Å²) in [5.41, 5.74) is 0. The van der Waals surface area contributed by atoms with E-state index in [4.69, 9.17) is 12.2 Å². The van der Waals surface area contributed by atoms with Gasteiger partial charge in [0.2, 0.25) is 0 Å². The Morgan fingerprint density at radius 2 is 1.86 bits per heavy atom. The molecule has 3 unspecified atom stereocenters. The molecule has 2 rings (SSSR count). The molecule has 0 spiro atoms. The van der Waals surface area contributed by atoms with Gasteiger partial charge in [-0.15, -0.1) is 0 Å². The van der Waals surface area contributed by atoms with Crippen molar-refractivity contribution in [2.45, 2.75) is 64.5 Å². The third-order valence-corrected chi connectivity index (χ3v) is 4.23. The van der Waals surface area contributed by atoms with E-state index in [9.17, 15) is 0 Å². The summed E-state index contributed by atoms with van der Waals surface area (Å²) in [6.45, 7) is 4.43. The van der Waals surface area contributed by atoms with Gasteiger partial charge < -0.3 is 4.90 Å². The Morgan fingerprint density at radius 3 is 2.57 bits per heavy atom. The molecule has 14 heavy (non-hydrogen) atoms. The van der Waals surface area contributed by atoms with Crippen LogP contribution in [-0.2, 0) is 0 Å². The van der Waals surface area contributed by atoms with Gasteiger partial charge in [0.1, 0.15) is 0 Å². The normalized spacial score (nSPS) is 37.9. The third kappa shape index (κ3) is 1.81. The molecule has 0 N–H and O–H groups in total. The topological polar surface area (TPSA) is 3.24 Å². The van der Waals surface area contributed by atoms with E-state index in [0.29, 0.717) is 6.04 Å². The number of hydrogen-bond acceptors (Lipinski definition) is 1. The minimum atomic E-state index is 0.687. The van der Waals surface area contributed by atoms with Crippen LogP contribution in [0.4, 0.5) is 0 Å². The molecule has 0 radical (unpaired) electrons.